The maximum atomic E-state index is 13.6. The van der Waals surface area contributed by atoms with Crippen molar-refractivity contribution in [2.75, 3.05) is 5.32 Å². The highest BCUT2D eigenvalue weighted by molar-refractivity contribution is 6.29. The lowest BCUT2D eigenvalue weighted by atomic mass is 9.96. The number of aryl methyl sites for hydroxylation is 1. The number of nitrogens with one attached hydrogen (secondary N) is 1. The lowest BCUT2D eigenvalue weighted by Crippen LogP contribution is -2.66. The van der Waals surface area contributed by atoms with Crippen molar-refractivity contribution in [3.63, 3.8) is 0 Å². The van der Waals surface area contributed by atoms with Crippen molar-refractivity contribution >= 4 is 29.0 Å². The Balaban J connectivity index is 3.28. The highest BCUT2D eigenvalue weighted by Crippen LogP contribution is 2.53. The predicted octanol–water partition coefficient (Wildman–Crippen LogP) is 4.11. The molecule has 0 spiro atoms. The van der Waals surface area contributed by atoms with E-state index in [9.17, 15) is 44.7 Å². The van der Waals surface area contributed by atoms with Gasteiger partial charge < -0.3 is 5.32 Å². The van der Waals surface area contributed by atoms with Crippen molar-refractivity contribution in [1.29, 1.82) is 0 Å². The van der Waals surface area contributed by atoms with E-state index in [2.05, 4.69) is 4.98 Å². The van der Waals surface area contributed by atoms with Crippen LogP contribution < -0.4 is 5.32 Å². The van der Waals surface area contributed by atoms with Crippen LogP contribution in [0.3, 0.4) is 0 Å². The second-order valence-corrected chi connectivity index (χ2v) is 5.52. The zero-order valence-corrected chi connectivity index (χ0v) is 13.6. The number of carbonyl (C=O) groups excluding carboxylic acids is 2. The number of anilines is 1. The minimum atomic E-state index is -6.90. The molecule has 1 amide bonds. The molecule has 13 heteroatoms. The number of alkyl halides is 8. The fourth-order valence-electron chi connectivity index (χ4n) is 1.67. The van der Waals surface area contributed by atoms with Gasteiger partial charge in [-0.05, 0) is 19.1 Å². The first-order valence-corrected chi connectivity index (χ1v) is 6.84. The monoisotopic (exact) mass is 412 g/mol. The third-order valence-corrected chi connectivity index (χ3v) is 3.28. The summed E-state index contributed by atoms with van der Waals surface area (Å²) in [6, 6.07) is 1.60. The predicted molar refractivity (Wildman–Crippen MR) is 73.1 cm³/mol. The molecule has 0 saturated carbocycles. The van der Waals surface area contributed by atoms with Gasteiger partial charge in [-0.1, -0.05) is 11.6 Å². The standard InChI is InChI=1S/C13H9ClF8N2O2/c1-5-3-7(4-8(14)23-5)24-9(26)11(17,18)13(21,22)12(19,20)10(15,16)6(2)25/h3-4H,1-2H3,(H,23,24,26). The number of nitrogens with zero attached hydrogens (tertiary/aromatic N) is 1. The van der Waals surface area contributed by atoms with E-state index in [4.69, 9.17) is 11.6 Å². The van der Waals surface area contributed by atoms with Gasteiger partial charge >= 0.3 is 29.6 Å². The van der Waals surface area contributed by atoms with E-state index in [1.165, 1.54) is 12.2 Å². The number of aromatic nitrogens is 1. The summed E-state index contributed by atoms with van der Waals surface area (Å²) in [5, 5.41) is 0.809. The van der Waals surface area contributed by atoms with Gasteiger partial charge in [-0.15, -0.1) is 0 Å². The maximum Gasteiger partial charge on any atom is 0.393 e. The molecule has 0 aliphatic carbocycles. The third kappa shape index (κ3) is 3.46. The van der Waals surface area contributed by atoms with Gasteiger partial charge in [-0.3, -0.25) is 9.59 Å². The Morgan fingerprint density at radius 2 is 1.42 bits per heavy atom. The van der Waals surface area contributed by atoms with E-state index in [0.717, 1.165) is 12.1 Å². The van der Waals surface area contributed by atoms with E-state index in [1.807, 2.05) is 0 Å². The second kappa shape index (κ2) is 6.63. The van der Waals surface area contributed by atoms with Crippen LogP contribution in [0.4, 0.5) is 40.8 Å². The Morgan fingerprint density at radius 3 is 1.85 bits per heavy atom. The molecule has 0 unspecified atom stereocenters. The van der Waals surface area contributed by atoms with E-state index in [-0.39, 0.29) is 17.8 Å². The van der Waals surface area contributed by atoms with Crippen molar-refractivity contribution in [1.82, 2.24) is 4.98 Å². The molecule has 146 valence electrons. The number of carbonyl (C=O) groups is 2. The number of hydrogen-bond acceptors (Lipinski definition) is 3. The van der Waals surface area contributed by atoms with Crippen LogP contribution in [0.1, 0.15) is 12.6 Å². The summed E-state index contributed by atoms with van der Waals surface area (Å²) in [6.45, 7) is 1.08. The highest BCUT2D eigenvalue weighted by Gasteiger charge is 2.83. The third-order valence-electron chi connectivity index (χ3n) is 3.09. The quantitative estimate of drug-likeness (QED) is 0.565. The van der Waals surface area contributed by atoms with Crippen LogP contribution in [0.2, 0.25) is 5.15 Å². The van der Waals surface area contributed by atoms with Gasteiger partial charge in [0.15, 0.2) is 0 Å². The fraction of sp³-hybridized carbons (Fsp3) is 0.462. The highest BCUT2D eigenvalue weighted by atomic mass is 35.5. The molecule has 0 aliphatic rings. The minimum absolute atomic E-state index is 0.0383. The number of rotatable bonds is 6. The number of amides is 1. The number of Topliss-reactive ketones (excluding diaryl/α,β-unsaturated/α-hetero) is 1. The average Bonchev–Trinajstić information content (AvgIpc) is 2.44. The van der Waals surface area contributed by atoms with E-state index >= 15 is 0 Å². The summed E-state index contributed by atoms with van der Waals surface area (Å²) < 4.78 is 107. The first kappa shape index (κ1) is 22.1. The first-order valence-electron chi connectivity index (χ1n) is 6.46. The summed E-state index contributed by atoms with van der Waals surface area (Å²) in [5.41, 5.74) is -0.582. The van der Waals surface area contributed by atoms with Gasteiger partial charge in [0.25, 0.3) is 0 Å². The zero-order valence-electron chi connectivity index (χ0n) is 12.8. The molecule has 1 N–H and O–H groups in total. The average molecular weight is 413 g/mol. The number of pyridine rings is 1. The molecule has 1 aromatic heterocycles. The molecule has 0 fully saturated rings. The van der Waals surface area contributed by atoms with Crippen LogP contribution in [-0.4, -0.2) is 40.4 Å². The maximum absolute atomic E-state index is 13.6. The summed E-state index contributed by atoms with van der Waals surface area (Å²) in [4.78, 5) is 25.4. The Hall–Kier alpha value is -1.98. The van der Waals surface area contributed by atoms with Crippen LogP contribution in [-0.2, 0) is 9.59 Å². The smallest absolute Gasteiger partial charge is 0.320 e. The summed E-state index contributed by atoms with van der Waals surface area (Å²) in [7, 11) is 0. The van der Waals surface area contributed by atoms with Gasteiger partial charge in [0.05, 0.1) is 0 Å². The minimum Gasteiger partial charge on any atom is -0.320 e. The van der Waals surface area contributed by atoms with Gasteiger partial charge in [-0.2, -0.15) is 35.1 Å². The van der Waals surface area contributed by atoms with Crippen molar-refractivity contribution < 1.29 is 44.7 Å². The molecule has 26 heavy (non-hydrogen) atoms. The number of hydrogen-bond donors (Lipinski definition) is 1. The SMILES string of the molecule is CC(=O)C(F)(F)C(F)(F)C(F)(F)C(F)(F)C(=O)Nc1cc(C)nc(Cl)c1. The number of halogens is 9. The fourth-order valence-corrected chi connectivity index (χ4v) is 1.92. The molecule has 0 saturated heterocycles. The summed E-state index contributed by atoms with van der Waals surface area (Å²) in [6.07, 6.45) is 0. The molecule has 0 bridgehead atoms. The van der Waals surface area contributed by atoms with Crippen molar-refractivity contribution in [2.24, 2.45) is 0 Å². The molecule has 4 nitrogen and oxygen atoms in total. The number of ketones is 1. The molecule has 0 aliphatic heterocycles. The van der Waals surface area contributed by atoms with E-state index in [0.29, 0.717) is 0 Å². The van der Waals surface area contributed by atoms with Crippen LogP contribution in [0.5, 0.6) is 0 Å². The Kier molecular flexibility index (Phi) is 5.63. The molecule has 1 heterocycles. The van der Waals surface area contributed by atoms with Crippen molar-refractivity contribution in [3.8, 4) is 0 Å². The van der Waals surface area contributed by atoms with Gasteiger partial charge in [0.1, 0.15) is 5.15 Å². The van der Waals surface area contributed by atoms with Crippen LogP contribution in [0.15, 0.2) is 12.1 Å². The molecular weight excluding hydrogens is 404 g/mol. The van der Waals surface area contributed by atoms with Gasteiger partial charge in [0.2, 0.25) is 5.78 Å². The van der Waals surface area contributed by atoms with Crippen LogP contribution >= 0.6 is 11.6 Å². The lowest BCUT2D eigenvalue weighted by molar-refractivity contribution is -0.345. The molecule has 0 radical (unpaired) electrons. The second-order valence-electron chi connectivity index (χ2n) is 5.13. The Bertz CT molecular complexity index is 719. The summed E-state index contributed by atoms with van der Waals surface area (Å²) >= 11 is 5.45. The van der Waals surface area contributed by atoms with Crippen LogP contribution in [0, 0.1) is 6.92 Å². The van der Waals surface area contributed by atoms with Gasteiger partial charge in [-0.25, -0.2) is 4.98 Å². The first-order chi connectivity index (χ1) is 11.5. The lowest BCUT2D eigenvalue weighted by Gasteiger charge is -2.34. The zero-order chi connectivity index (χ0) is 20.7. The Labute approximate surface area is 145 Å². The molecule has 1 aromatic rings. The van der Waals surface area contributed by atoms with Gasteiger partial charge in [0, 0.05) is 18.3 Å². The van der Waals surface area contributed by atoms with Crippen molar-refractivity contribution in [2.45, 2.75) is 37.5 Å². The molecule has 0 aromatic carbocycles. The normalized spacial score (nSPS) is 13.5. The van der Waals surface area contributed by atoms with Crippen LogP contribution in [0.25, 0.3) is 0 Å². The van der Waals surface area contributed by atoms with E-state index < -0.39 is 41.1 Å². The topological polar surface area (TPSA) is 59.1 Å². The van der Waals surface area contributed by atoms with Crippen molar-refractivity contribution in [3.05, 3.63) is 23.0 Å². The Morgan fingerprint density at radius 1 is 0.962 bits per heavy atom. The molecule has 1 rings (SSSR count). The van der Waals surface area contributed by atoms with E-state index in [1.54, 1.807) is 0 Å². The molecule has 0 atom stereocenters. The largest absolute Gasteiger partial charge is 0.393 e. The summed E-state index contributed by atoms with van der Waals surface area (Å²) in [5.74, 6) is -32.0. The molecular formula is C13H9ClF8N2O2.